The fourth-order valence-corrected chi connectivity index (χ4v) is 1.55. The Hall–Kier alpha value is -1.51. The quantitative estimate of drug-likeness (QED) is 0.635. The van der Waals surface area contributed by atoms with E-state index in [4.69, 9.17) is 4.42 Å². The molecule has 1 aliphatic rings. The summed E-state index contributed by atoms with van der Waals surface area (Å²) in [6, 6.07) is 1.90. The van der Waals surface area contributed by atoms with Crippen LogP contribution in [0.25, 0.3) is 12.2 Å². The van der Waals surface area contributed by atoms with Crippen LogP contribution in [0.1, 0.15) is 18.6 Å². The Morgan fingerprint density at radius 2 is 2.29 bits per heavy atom. The molecule has 1 heterocycles. The monoisotopic (exact) mass is 192 g/mol. The van der Waals surface area contributed by atoms with Crippen molar-refractivity contribution in [3.63, 3.8) is 0 Å². The smallest absolute Gasteiger partial charge is 0.313 e. The van der Waals surface area contributed by atoms with Crippen LogP contribution in [0.2, 0.25) is 0 Å². The lowest BCUT2D eigenvalue weighted by Crippen LogP contribution is -2.21. The van der Waals surface area contributed by atoms with E-state index >= 15 is 0 Å². The van der Waals surface area contributed by atoms with E-state index in [2.05, 4.69) is 16.9 Å². The van der Waals surface area contributed by atoms with Gasteiger partial charge in [-0.2, -0.15) is 0 Å². The molecular formula is C11H12O3. The van der Waals surface area contributed by atoms with Crippen molar-refractivity contribution < 1.29 is 13.9 Å². The van der Waals surface area contributed by atoms with Crippen LogP contribution in [0.5, 0.6) is 0 Å². The van der Waals surface area contributed by atoms with E-state index in [-0.39, 0.29) is 12.4 Å². The third-order valence-corrected chi connectivity index (χ3v) is 2.25. The van der Waals surface area contributed by atoms with Gasteiger partial charge in [-0.05, 0) is 25.0 Å². The summed E-state index contributed by atoms with van der Waals surface area (Å²) in [5.74, 6) is 0.410. The SMILES string of the molecule is COC(=O)Cc1cc2c(o1)=CCCC=2. The van der Waals surface area contributed by atoms with Crippen molar-refractivity contribution in [2.75, 3.05) is 7.11 Å². The van der Waals surface area contributed by atoms with Crippen LogP contribution in [0.15, 0.2) is 10.5 Å². The summed E-state index contributed by atoms with van der Waals surface area (Å²) >= 11 is 0. The molecule has 0 N–H and O–H groups in total. The van der Waals surface area contributed by atoms with Gasteiger partial charge in [0.15, 0.2) is 0 Å². The Morgan fingerprint density at radius 1 is 1.50 bits per heavy atom. The van der Waals surface area contributed by atoms with Gasteiger partial charge in [0.2, 0.25) is 0 Å². The first-order valence-electron chi connectivity index (χ1n) is 4.65. The van der Waals surface area contributed by atoms with Crippen molar-refractivity contribution in [1.29, 1.82) is 0 Å². The summed E-state index contributed by atoms with van der Waals surface area (Å²) in [7, 11) is 1.38. The van der Waals surface area contributed by atoms with Gasteiger partial charge in [0, 0.05) is 5.22 Å². The zero-order valence-electron chi connectivity index (χ0n) is 8.08. The molecule has 1 aromatic heterocycles. The van der Waals surface area contributed by atoms with Gasteiger partial charge in [0.05, 0.1) is 7.11 Å². The number of hydrogen-bond acceptors (Lipinski definition) is 3. The Kier molecular flexibility index (Phi) is 2.39. The topological polar surface area (TPSA) is 39.4 Å². The molecule has 14 heavy (non-hydrogen) atoms. The third-order valence-electron chi connectivity index (χ3n) is 2.25. The number of ether oxygens (including phenoxy) is 1. The van der Waals surface area contributed by atoms with Crippen LogP contribution in [0, 0.1) is 0 Å². The van der Waals surface area contributed by atoms with Crippen LogP contribution in [0.4, 0.5) is 0 Å². The van der Waals surface area contributed by atoms with Crippen molar-refractivity contribution in [3.05, 3.63) is 22.5 Å². The second-order valence-electron chi connectivity index (χ2n) is 3.27. The van der Waals surface area contributed by atoms with E-state index in [1.54, 1.807) is 0 Å². The highest BCUT2D eigenvalue weighted by molar-refractivity contribution is 5.71. The highest BCUT2D eigenvalue weighted by atomic mass is 16.5. The summed E-state index contributed by atoms with van der Waals surface area (Å²) in [5.41, 5.74) is 0.884. The molecule has 0 unspecified atom stereocenters. The Balaban J connectivity index is 2.30. The molecule has 2 rings (SSSR count). The van der Waals surface area contributed by atoms with E-state index in [1.807, 2.05) is 6.07 Å². The van der Waals surface area contributed by atoms with Gasteiger partial charge >= 0.3 is 5.97 Å². The number of methoxy groups -OCH3 is 1. The lowest BCUT2D eigenvalue weighted by Gasteiger charge is -1.93. The minimum absolute atomic E-state index is 0.213. The summed E-state index contributed by atoms with van der Waals surface area (Å²) in [6.45, 7) is 0. The Bertz CT molecular complexity index is 420. The summed E-state index contributed by atoms with van der Waals surface area (Å²) in [4.78, 5) is 11.0. The number of fused-ring (bicyclic) bond motifs is 1. The van der Waals surface area contributed by atoms with E-state index in [9.17, 15) is 4.79 Å². The maximum Gasteiger partial charge on any atom is 0.313 e. The van der Waals surface area contributed by atoms with Crippen molar-refractivity contribution >= 4 is 18.1 Å². The van der Waals surface area contributed by atoms with Gasteiger partial charge in [-0.15, -0.1) is 0 Å². The minimum Gasteiger partial charge on any atom is -0.469 e. The molecule has 0 saturated carbocycles. The van der Waals surface area contributed by atoms with Gasteiger partial charge in [-0.1, -0.05) is 6.08 Å². The van der Waals surface area contributed by atoms with Crippen molar-refractivity contribution in [2.45, 2.75) is 19.3 Å². The number of carbonyl (C=O) groups excluding carboxylic acids is 1. The molecule has 1 aliphatic carbocycles. The first kappa shape index (κ1) is 9.06. The molecule has 1 aromatic rings. The third kappa shape index (κ3) is 1.71. The zero-order chi connectivity index (χ0) is 9.97. The highest BCUT2D eigenvalue weighted by Crippen LogP contribution is 2.00. The normalized spacial score (nSPS) is 13.8. The number of rotatable bonds is 2. The molecule has 0 amide bonds. The summed E-state index contributed by atoms with van der Waals surface area (Å²) in [5, 5.41) is 1.09. The molecule has 0 aliphatic heterocycles. The summed E-state index contributed by atoms with van der Waals surface area (Å²) < 4.78 is 10.1. The molecule has 3 nitrogen and oxygen atoms in total. The molecular weight excluding hydrogens is 180 g/mol. The Labute approximate surface area is 81.7 Å². The second-order valence-corrected chi connectivity index (χ2v) is 3.27. The van der Waals surface area contributed by atoms with Crippen LogP contribution in [0.3, 0.4) is 0 Å². The molecule has 3 heteroatoms. The van der Waals surface area contributed by atoms with Gasteiger partial charge in [-0.25, -0.2) is 0 Å². The molecule has 0 radical (unpaired) electrons. The predicted octanol–water partition coefficient (Wildman–Crippen LogP) is 0.350. The van der Waals surface area contributed by atoms with E-state index in [0.717, 1.165) is 23.5 Å². The number of esters is 1. The van der Waals surface area contributed by atoms with Crippen LogP contribution in [-0.2, 0) is 16.0 Å². The van der Waals surface area contributed by atoms with Gasteiger partial charge in [-0.3, -0.25) is 4.79 Å². The molecule has 0 spiro atoms. The van der Waals surface area contributed by atoms with Gasteiger partial charge in [0.25, 0.3) is 0 Å². The first-order valence-corrected chi connectivity index (χ1v) is 4.65. The van der Waals surface area contributed by atoms with Crippen molar-refractivity contribution in [2.24, 2.45) is 0 Å². The number of hydrogen-bond donors (Lipinski definition) is 0. The highest BCUT2D eigenvalue weighted by Gasteiger charge is 2.07. The number of carbonyl (C=O) groups is 1. The predicted molar refractivity (Wildman–Crippen MR) is 51.8 cm³/mol. The molecule has 0 saturated heterocycles. The first-order chi connectivity index (χ1) is 6.79. The maximum atomic E-state index is 11.0. The fourth-order valence-electron chi connectivity index (χ4n) is 1.55. The average Bonchev–Trinajstić information content (AvgIpc) is 2.59. The fraction of sp³-hybridized carbons (Fsp3) is 0.364. The van der Waals surface area contributed by atoms with Gasteiger partial charge in [0.1, 0.15) is 17.6 Å². The lowest BCUT2D eigenvalue weighted by atomic mass is 10.2. The molecule has 0 bridgehead atoms. The van der Waals surface area contributed by atoms with E-state index < -0.39 is 0 Å². The van der Waals surface area contributed by atoms with E-state index in [1.165, 1.54) is 7.11 Å². The Morgan fingerprint density at radius 3 is 3.00 bits per heavy atom. The van der Waals surface area contributed by atoms with Crippen LogP contribution >= 0.6 is 0 Å². The maximum absolute atomic E-state index is 11.0. The van der Waals surface area contributed by atoms with Crippen LogP contribution < -0.4 is 10.6 Å². The molecule has 0 fully saturated rings. The molecule has 74 valence electrons. The molecule has 0 atom stereocenters. The standard InChI is InChI=1S/C11H12O3/c1-13-11(12)7-9-6-8-4-2-3-5-10(8)14-9/h4-6H,2-3,7H2,1H3. The summed E-state index contributed by atoms with van der Waals surface area (Å²) in [6.07, 6.45) is 6.45. The minimum atomic E-state index is -0.268. The largest absolute Gasteiger partial charge is 0.469 e. The molecule has 0 aromatic carbocycles. The van der Waals surface area contributed by atoms with Crippen LogP contribution in [-0.4, -0.2) is 13.1 Å². The second kappa shape index (κ2) is 3.70. The number of furan rings is 1. The van der Waals surface area contributed by atoms with E-state index in [0.29, 0.717) is 5.76 Å². The lowest BCUT2D eigenvalue weighted by molar-refractivity contribution is -0.140. The average molecular weight is 192 g/mol. The van der Waals surface area contributed by atoms with Crippen molar-refractivity contribution in [1.82, 2.24) is 0 Å². The van der Waals surface area contributed by atoms with Gasteiger partial charge < -0.3 is 9.15 Å². The van der Waals surface area contributed by atoms with Crippen molar-refractivity contribution in [3.8, 4) is 0 Å². The zero-order valence-corrected chi connectivity index (χ0v) is 8.08.